The summed E-state index contributed by atoms with van der Waals surface area (Å²) < 4.78 is 5.28. The molecule has 138 valence electrons. The quantitative estimate of drug-likeness (QED) is 0.689. The molecule has 6 heteroatoms. The fourth-order valence-corrected chi connectivity index (χ4v) is 4.61. The zero-order valence-corrected chi connectivity index (χ0v) is 15.6. The van der Waals surface area contributed by atoms with Gasteiger partial charge in [-0.05, 0) is 55.5 Å². The van der Waals surface area contributed by atoms with Crippen LogP contribution < -0.4 is 10.6 Å². The zero-order valence-electron chi connectivity index (χ0n) is 14.8. The van der Waals surface area contributed by atoms with Crippen LogP contribution in [-0.4, -0.2) is 11.8 Å². The Labute approximate surface area is 161 Å². The second kappa shape index (κ2) is 7.80. The molecule has 2 N–H and O–H groups in total. The second-order valence-corrected chi connectivity index (χ2v) is 7.60. The highest BCUT2D eigenvalue weighted by atomic mass is 32.1. The van der Waals surface area contributed by atoms with Crippen LogP contribution in [0.25, 0.3) is 0 Å². The normalized spacial score (nSPS) is 13.0. The fourth-order valence-electron chi connectivity index (χ4n) is 3.33. The maximum absolute atomic E-state index is 12.9. The van der Waals surface area contributed by atoms with Crippen LogP contribution in [0.4, 0.5) is 5.00 Å². The average Bonchev–Trinajstić information content (AvgIpc) is 3.34. The summed E-state index contributed by atoms with van der Waals surface area (Å²) in [7, 11) is 0. The van der Waals surface area contributed by atoms with Gasteiger partial charge in [0.15, 0.2) is 0 Å². The Morgan fingerprint density at radius 3 is 2.59 bits per heavy atom. The van der Waals surface area contributed by atoms with Crippen LogP contribution in [0.1, 0.15) is 49.8 Å². The first-order valence-corrected chi connectivity index (χ1v) is 9.85. The van der Waals surface area contributed by atoms with E-state index in [0.717, 1.165) is 31.2 Å². The number of hydrogen-bond acceptors (Lipinski definition) is 4. The minimum Gasteiger partial charge on any atom is -0.467 e. The summed E-state index contributed by atoms with van der Waals surface area (Å²) >= 11 is 1.52. The van der Waals surface area contributed by atoms with Gasteiger partial charge < -0.3 is 15.1 Å². The van der Waals surface area contributed by atoms with E-state index in [1.807, 2.05) is 24.3 Å². The lowest BCUT2D eigenvalue weighted by Crippen LogP contribution is -2.25. The standard InChI is InChI=1S/C21H20N2O3S/c24-19(14-7-2-1-3-8-14)23-21-18(16-10-4-5-11-17(16)27-21)20(25)22-13-15-9-6-12-26-15/h1-3,6-9,12H,4-5,10-11,13H2,(H,22,25)(H,23,24). The molecule has 27 heavy (non-hydrogen) atoms. The van der Waals surface area contributed by atoms with Crippen molar-refractivity contribution in [1.29, 1.82) is 0 Å². The summed E-state index contributed by atoms with van der Waals surface area (Å²) in [5, 5.41) is 6.50. The number of amides is 2. The first-order valence-electron chi connectivity index (χ1n) is 9.04. The average molecular weight is 380 g/mol. The number of furan rings is 1. The summed E-state index contributed by atoms with van der Waals surface area (Å²) in [5.74, 6) is 0.325. The van der Waals surface area contributed by atoms with Gasteiger partial charge in [0.25, 0.3) is 11.8 Å². The molecule has 1 aliphatic carbocycles. The van der Waals surface area contributed by atoms with E-state index in [-0.39, 0.29) is 11.8 Å². The summed E-state index contributed by atoms with van der Waals surface area (Å²) in [4.78, 5) is 26.7. The van der Waals surface area contributed by atoms with E-state index in [2.05, 4.69) is 10.6 Å². The minimum atomic E-state index is -0.200. The number of nitrogens with one attached hydrogen (secondary N) is 2. The van der Waals surface area contributed by atoms with Crippen LogP contribution in [0.3, 0.4) is 0 Å². The third kappa shape index (κ3) is 3.80. The number of carbonyl (C=O) groups is 2. The van der Waals surface area contributed by atoms with Crippen molar-refractivity contribution in [3.05, 3.63) is 76.1 Å². The molecule has 0 radical (unpaired) electrons. The highest BCUT2D eigenvalue weighted by Crippen LogP contribution is 2.38. The molecule has 2 amide bonds. The van der Waals surface area contributed by atoms with Crippen molar-refractivity contribution < 1.29 is 14.0 Å². The Hall–Kier alpha value is -2.86. The van der Waals surface area contributed by atoms with Gasteiger partial charge in [-0.3, -0.25) is 9.59 Å². The summed E-state index contributed by atoms with van der Waals surface area (Å²) in [5.41, 5.74) is 2.25. The lowest BCUT2D eigenvalue weighted by molar-refractivity contribution is 0.0948. The Bertz CT molecular complexity index is 945. The van der Waals surface area contributed by atoms with E-state index < -0.39 is 0 Å². The Balaban J connectivity index is 1.59. The Morgan fingerprint density at radius 2 is 1.81 bits per heavy atom. The minimum absolute atomic E-state index is 0.172. The van der Waals surface area contributed by atoms with E-state index in [4.69, 9.17) is 4.42 Å². The molecule has 1 aromatic carbocycles. The van der Waals surface area contributed by atoms with Crippen molar-refractivity contribution in [3.63, 3.8) is 0 Å². The molecule has 3 aromatic rings. The maximum Gasteiger partial charge on any atom is 0.256 e. The monoisotopic (exact) mass is 380 g/mol. The molecule has 0 atom stereocenters. The smallest absolute Gasteiger partial charge is 0.256 e. The van der Waals surface area contributed by atoms with Crippen LogP contribution in [0.15, 0.2) is 53.1 Å². The van der Waals surface area contributed by atoms with E-state index in [9.17, 15) is 9.59 Å². The van der Waals surface area contributed by atoms with E-state index in [1.165, 1.54) is 16.2 Å². The first-order chi connectivity index (χ1) is 13.2. The molecule has 2 aromatic heterocycles. The molecule has 2 heterocycles. The molecule has 0 unspecified atom stereocenters. The van der Waals surface area contributed by atoms with E-state index >= 15 is 0 Å². The number of thiophene rings is 1. The van der Waals surface area contributed by atoms with E-state index in [1.54, 1.807) is 24.5 Å². The Kier molecular flexibility index (Phi) is 5.07. The predicted octanol–water partition coefficient (Wildman–Crippen LogP) is 4.40. The molecule has 0 saturated carbocycles. The van der Waals surface area contributed by atoms with Crippen molar-refractivity contribution in [1.82, 2.24) is 5.32 Å². The first kappa shape index (κ1) is 17.5. The van der Waals surface area contributed by atoms with Gasteiger partial charge >= 0.3 is 0 Å². The number of rotatable bonds is 5. The molecule has 0 saturated heterocycles. The van der Waals surface area contributed by atoms with Crippen LogP contribution in [0, 0.1) is 0 Å². The van der Waals surface area contributed by atoms with Gasteiger partial charge in [-0.1, -0.05) is 18.2 Å². The largest absolute Gasteiger partial charge is 0.467 e. The van der Waals surface area contributed by atoms with Gasteiger partial charge in [-0.15, -0.1) is 11.3 Å². The van der Waals surface area contributed by atoms with Gasteiger partial charge in [0, 0.05) is 10.4 Å². The molecular weight excluding hydrogens is 360 g/mol. The van der Waals surface area contributed by atoms with Gasteiger partial charge in [-0.25, -0.2) is 0 Å². The summed E-state index contributed by atoms with van der Waals surface area (Å²) in [6, 6.07) is 12.7. The number of fused-ring (bicyclic) bond motifs is 1. The number of benzene rings is 1. The fraction of sp³-hybridized carbons (Fsp3) is 0.238. The van der Waals surface area contributed by atoms with Crippen LogP contribution in [-0.2, 0) is 19.4 Å². The zero-order chi connectivity index (χ0) is 18.6. The van der Waals surface area contributed by atoms with Crippen molar-refractivity contribution in [2.75, 3.05) is 5.32 Å². The summed E-state index contributed by atoms with van der Waals surface area (Å²) in [6.45, 7) is 0.322. The van der Waals surface area contributed by atoms with Gasteiger partial charge in [0.2, 0.25) is 0 Å². The van der Waals surface area contributed by atoms with E-state index in [0.29, 0.717) is 28.4 Å². The molecule has 0 fully saturated rings. The van der Waals surface area contributed by atoms with Crippen molar-refractivity contribution >= 4 is 28.2 Å². The Morgan fingerprint density at radius 1 is 1.00 bits per heavy atom. The molecular formula is C21H20N2O3S. The molecule has 5 nitrogen and oxygen atoms in total. The lowest BCUT2D eigenvalue weighted by Gasteiger charge is -2.13. The van der Waals surface area contributed by atoms with Crippen LogP contribution in [0.2, 0.25) is 0 Å². The number of aryl methyl sites for hydroxylation is 1. The molecule has 0 spiro atoms. The van der Waals surface area contributed by atoms with Crippen molar-refractivity contribution in [2.45, 2.75) is 32.2 Å². The molecule has 0 bridgehead atoms. The topological polar surface area (TPSA) is 71.3 Å². The lowest BCUT2D eigenvalue weighted by atomic mass is 9.95. The maximum atomic E-state index is 12.9. The van der Waals surface area contributed by atoms with Gasteiger partial charge in [-0.2, -0.15) is 0 Å². The highest BCUT2D eigenvalue weighted by Gasteiger charge is 2.26. The number of anilines is 1. The van der Waals surface area contributed by atoms with Crippen LogP contribution >= 0.6 is 11.3 Å². The SMILES string of the molecule is O=C(Nc1sc2c(c1C(=O)NCc1ccco1)CCCC2)c1ccccc1. The number of carbonyl (C=O) groups excluding carboxylic acids is 2. The third-order valence-electron chi connectivity index (χ3n) is 4.66. The highest BCUT2D eigenvalue weighted by molar-refractivity contribution is 7.17. The number of hydrogen-bond donors (Lipinski definition) is 2. The van der Waals surface area contributed by atoms with Crippen molar-refractivity contribution in [2.24, 2.45) is 0 Å². The van der Waals surface area contributed by atoms with Crippen molar-refractivity contribution in [3.8, 4) is 0 Å². The van der Waals surface area contributed by atoms with Crippen LogP contribution in [0.5, 0.6) is 0 Å². The second-order valence-electron chi connectivity index (χ2n) is 6.50. The van der Waals surface area contributed by atoms with Gasteiger partial charge in [0.05, 0.1) is 18.4 Å². The van der Waals surface area contributed by atoms with Gasteiger partial charge in [0.1, 0.15) is 10.8 Å². The third-order valence-corrected chi connectivity index (χ3v) is 5.87. The molecule has 4 rings (SSSR count). The predicted molar refractivity (Wildman–Crippen MR) is 105 cm³/mol. The summed E-state index contributed by atoms with van der Waals surface area (Å²) in [6.07, 6.45) is 5.59. The molecule has 1 aliphatic rings. The molecule has 0 aliphatic heterocycles.